The van der Waals surface area contributed by atoms with Crippen molar-refractivity contribution >= 4 is 0 Å². The lowest BCUT2D eigenvalue weighted by molar-refractivity contribution is -0.138. The summed E-state index contributed by atoms with van der Waals surface area (Å²) in [7, 11) is 0. The van der Waals surface area contributed by atoms with E-state index < -0.39 is 35.6 Å². The predicted octanol–water partition coefficient (Wildman–Crippen LogP) is 8.09. The first-order valence-electron chi connectivity index (χ1n) is 12.0. The van der Waals surface area contributed by atoms with Crippen LogP contribution in [0.3, 0.4) is 0 Å². The molecular weight excluding hydrogens is 502 g/mol. The Kier molecular flexibility index (Phi) is 8.54. The zero-order valence-corrected chi connectivity index (χ0v) is 20.2. The molecule has 0 heterocycles. The molecule has 0 aliphatic carbocycles. The minimum absolute atomic E-state index is 0.151. The van der Waals surface area contributed by atoms with Crippen molar-refractivity contribution in [2.24, 2.45) is 0 Å². The lowest BCUT2D eigenvalue weighted by atomic mass is 9.92. The fourth-order valence-electron chi connectivity index (χ4n) is 4.35. The van der Waals surface area contributed by atoms with Gasteiger partial charge in [-0.2, -0.15) is 26.3 Å². The maximum atomic E-state index is 13.2. The maximum Gasteiger partial charge on any atom is 0.416 e. The van der Waals surface area contributed by atoms with Crippen LogP contribution in [-0.2, 0) is 25.4 Å². The number of halogens is 6. The Balaban J connectivity index is 1.64. The molecule has 4 aromatic carbocycles. The lowest BCUT2D eigenvalue weighted by Crippen LogP contribution is -2.35. The topological polar surface area (TPSA) is 24.1 Å². The quantitative estimate of drug-likeness (QED) is 0.215. The molecule has 38 heavy (non-hydrogen) atoms. The van der Waals surface area contributed by atoms with Crippen LogP contribution >= 0.6 is 0 Å². The first-order chi connectivity index (χ1) is 18.1. The Labute approximate surface area is 217 Å². The van der Waals surface area contributed by atoms with Gasteiger partial charge in [0.15, 0.2) is 0 Å². The standard InChI is InChI=1S/C30H26F6N2/c31-29(32,33)25-15-7-9-21(17-25)19-37-27(23-11-3-1-4-12-23)28(24-13-5-2-6-14-24)38-20-22-10-8-16-26(18-22)30(34,35)36/h1-18,27-28,37-38H,19-20H2/t27-,28-/m1/s1. The van der Waals surface area contributed by atoms with E-state index in [-0.39, 0.29) is 13.1 Å². The molecule has 0 aromatic heterocycles. The molecule has 0 spiro atoms. The van der Waals surface area contributed by atoms with Crippen molar-refractivity contribution in [1.29, 1.82) is 0 Å². The molecule has 0 saturated heterocycles. The predicted molar refractivity (Wildman–Crippen MR) is 135 cm³/mol. The third kappa shape index (κ3) is 7.24. The van der Waals surface area contributed by atoms with Crippen molar-refractivity contribution in [3.63, 3.8) is 0 Å². The average molecular weight is 529 g/mol. The largest absolute Gasteiger partial charge is 0.416 e. The maximum absolute atomic E-state index is 13.2. The monoisotopic (exact) mass is 528 g/mol. The van der Waals surface area contributed by atoms with Gasteiger partial charge in [0.2, 0.25) is 0 Å². The van der Waals surface area contributed by atoms with E-state index in [2.05, 4.69) is 10.6 Å². The van der Waals surface area contributed by atoms with Crippen LogP contribution in [0.1, 0.15) is 45.5 Å². The molecule has 0 aliphatic heterocycles. The highest BCUT2D eigenvalue weighted by atomic mass is 19.4. The molecule has 8 heteroatoms. The van der Waals surface area contributed by atoms with Crippen molar-refractivity contribution in [2.45, 2.75) is 37.5 Å². The molecule has 4 aromatic rings. The molecule has 0 radical (unpaired) electrons. The van der Waals surface area contributed by atoms with Crippen LogP contribution in [0.2, 0.25) is 0 Å². The zero-order chi connectivity index (χ0) is 27.2. The van der Waals surface area contributed by atoms with Crippen molar-refractivity contribution in [3.05, 3.63) is 143 Å². The van der Waals surface area contributed by atoms with Gasteiger partial charge in [-0.05, 0) is 34.4 Å². The van der Waals surface area contributed by atoms with Crippen molar-refractivity contribution in [2.75, 3.05) is 0 Å². The highest BCUT2D eigenvalue weighted by molar-refractivity contribution is 5.31. The van der Waals surface area contributed by atoms with Gasteiger partial charge in [-0.1, -0.05) is 97.1 Å². The van der Waals surface area contributed by atoms with E-state index in [1.54, 1.807) is 12.1 Å². The SMILES string of the molecule is FC(F)(F)c1cccc(CN[C@H](c2ccccc2)[C@H](NCc2cccc(C(F)(F)F)c2)c2ccccc2)c1. The molecular formula is C30H26F6N2. The molecule has 2 nitrogen and oxygen atoms in total. The summed E-state index contributed by atoms with van der Waals surface area (Å²) in [6, 6.07) is 28.3. The summed E-state index contributed by atoms with van der Waals surface area (Å²) in [6.07, 6.45) is -8.90. The van der Waals surface area contributed by atoms with E-state index in [9.17, 15) is 26.3 Å². The van der Waals surface area contributed by atoms with E-state index in [4.69, 9.17) is 0 Å². The number of nitrogens with one attached hydrogen (secondary N) is 2. The molecule has 0 aliphatic rings. The number of benzene rings is 4. The van der Waals surface area contributed by atoms with Gasteiger partial charge in [0, 0.05) is 13.1 Å². The van der Waals surface area contributed by atoms with Gasteiger partial charge in [0.1, 0.15) is 0 Å². The molecule has 0 fully saturated rings. The molecule has 0 bridgehead atoms. The van der Waals surface area contributed by atoms with Gasteiger partial charge < -0.3 is 10.6 Å². The Bertz CT molecular complexity index is 1200. The fourth-order valence-corrected chi connectivity index (χ4v) is 4.35. The van der Waals surface area contributed by atoms with Crippen LogP contribution < -0.4 is 10.6 Å². The number of alkyl halides is 6. The van der Waals surface area contributed by atoms with Gasteiger partial charge in [-0.25, -0.2) is 0 Å². The molecule has 4 rings (SSSR count). The van der Waals surface area contributed by atoms with Gasteiger partial charge in [0.05, 0.1) is 23.2 Å². The summed E-state index contributed by atoms with van der Waals surface area (Å²) in [6.45, 7) is 0.302. The summed E-state index contributed by atoms with van der Waals surface area (Å²) in [5.74, 6) is 0. The zero-order valence-electron chi connectivity index (χ0n) is 20.2. The molecule has 2 atom stereocenters. The number of rotatable bonds is 9. The minimum atomic E-state index is -4.45. The van der Waals surface area contributed by atoms with Gasteiger partial charge in [-0.15, -0.1) is 0 Å². The summed E-state index contributed by atoms with van der Waals surface area (Å²) >= 11 is 0. The van der Waals surface area contributed by atoms with Gasteiger partial charge in [0.25, 0.3) is 0 Å². The summed E-state index contributed by atoms with van der Waals surface area (Å²) < 4.78 is 79.5. The van der Waals surface area contributed by atoms with E-state index in [1.165, 1.54) is 12.1 Å². The van der Waals surface area contributed by atoms with Crippen LogP contribution in [0.25, 0.3) is 0 Å². The van der Waals surface area contributed by atoms with E-state index in [1.807, 2.05) is 60.7 Å². The summed E-state index contributed by atoms with van der Waals surface area (Å²) in [4.78, 5) is 0. The van der Waals surface area contributed by atoms with Crippen LogP contribution in [0.15, 0.2) is 109 Å². The van der Waals surface area contributed by atoms with Gasteiger partial charge >= 0.3 is 12.4 Å². The van der Waals surface area contributed by atoms with Crippen LogP contribution in [0, 0.1) is 0 Å². The highest BCUT2D eigenvalue weighted by Gasteiger charge is 2.32. The number of hydrogen-bond acceptors (Lipinski definition) is 2. The normalized spacial score (nSPS) is 13.7. The van der Waals surface area contributed by atoms with Crippen LogP contribution in [-0.4, -0.2) is 0 Å². The Morgan fingerprint density at radius 3 is 1.18 bits per heavy atom. The first kappa shape index (κ1) is 27.4. The van der Waals surface area contributed by atoms with Crippen molar-refractivity contribution < 1.29 is 26.3 Å². The lowest BCUT2D eigenvalue weighted by Gasteiger charge is -2.30. The molecule has 0 amide bonds. The fraction of sp³-hybridized carbons (Fsp3) is 0.200. The highest BCUT2D eigenvalue weighted by Crippen LogP contribution is 2.33. The van der Waals surface area contributed by atoms with Crippen molar-refractivity contribution in [3.8, 4) is 0 Å². The first-order valence-corrected chi connectivity index (χ1v) is 12.0. The molecule has 0 saturated carbocycles. The smallest absolute Gasteiger partial charge is 0.304 e. The Morgan fingerprint density at radius 2 is 0.842 bits per heavy atom. The molecule has 2 N–H and O–H groups in total. The van der Waals surface area contributed by atoms with Crippen LogP contribution in [0.5, 0.6) is 0 Å². The Hall–Kier alpha value is -3.62. The van der Waals surface area contributed by atoms with E-state index in [0.29, 0.717) is 11.1 Å². The van der Waals surface area contributed by atoms with Gasteiger partial charge in [-0.3, -0.25) is 0 Å². The summed E-state index contributed by atoms with van der Waals surface area (Å²) in [5, 5.41) is 6.78. The molecule has 0 unspecified atom stereocenters. The van der Waals surface area contributed by atoms with Crippen molar-refractivity contribution in [1.82, 2.24) is 10.6 Å². The second-order valence-electron chi connectivity index (χ2n) is 8.93. The average Bonchev–Trinajstić information content (AvgIpc) is 2.91. The second kappa shape index (κ2) is 11.8. The summed E-state index contributed by atoms with van der Waals surface area (Å²) in [5.41, 5.74) is 1.23. The van der Waals surface area contributed by atoms with Crippen LogP contribution in [0.4, 0.5) is 26.3 Å². The molecule has 198 valence electrons. The number of hydrogen-bond donors (Lipinski definition) is 2. The third-order valence-electron chi connectivity index (χ3n) is 6.21. The van der Waals surface area contributed by atoms with E-state index in [0.717, 1.165) is 35.4 Å². The second-order valence-corrected chi connectivity index (χ2v) is 8.93. The van der Waals surface area contributed by atoms with E-state index >= 15 is 0 Å². The minimum Gasteiger partial charge on any atom is -0.304 e. The third-order valence-corrected chi connectivity index (χ3v) is 6.21. The Morgan fingerprint density at radius 1 is 0.474 bits per heavy atom.